The van der Waals surface area contributed by atoms with E-state index in [9.17, 15) is 0 Å². The summed E-state index contributed by atoms with van der Waals surface area (Å²) in [5.74, 6) is 0.998. The van der Waals surface area contributed by atoms with E-state index in [0.29, 0.717) is 6.04 Å². The summed E-state index contributed by atoms with van der Waals surface area (Å²) in [5, 5.41) is 4.12. The van der Waals surface area contributed by atoms with Gasteiger partial charge < -0.3 is 0 Å². The van der Waals surface area contributed by atoms with E-state index in [4.69, 9.17) is 0 Å². The van der Waals surface area contributed by atoms with Gasteiger partial charge in [0, 0.05) is 17.6 Å². The summed E-state index contributed by atoms with van der Waals surface area (Å²) in [7, 11) is 4.09. The first-order chi connectivity index (χ1) is 9.61. The monoisotopic (exact) mass is 336 g/mol. The number of nitrogens with zero attached hydrogens (tertiary/aromatic N) is 4. The summed E-state index contributed by atoms with van der Waals surface area (Å²) in [6.07, 6.45) is 3.75. The molecule has 1 heterocycles. The normalized spacial score (nSPS) is 12.8. The zero-order chi connectivity index (χ0) is 14.5. The smallest absolute Gasteiger partial charge is 0.140 e. The molecule has 0 saturated heterocycles. The number of likely N-dealkylation sites (N-methyl/N-ethyl adjacent to an activating group) is 1. The Morgan fingerprint density at radius 2 is 2.10 bits per heavy atom. The molecular formula is C15H21BrN4. The van der Waals surface area contributed by atoms with Crippen molar-refractivity contribution in [3.63, 3.8) is 0 Å². The first-order valence-corrected chi connectivity index (χ1v) is 7.67. The molecule has 0 radical (unpaired) electrons. The zero-order valence-electron chi connectivity index (χ0n) is 12.3. The second-order valence-corrected chi connectivity index (χ2v) is 5.93. The molecule has 0 unspecified atom stereocenters. The van der Waals surface area contributed by atoms with Crippen LogP contribution in [0.2, 0.25) is 0 Å². The number of rotatable bonds is 6. The van der Waals surface area contributed by atoms with Crippen LogP contribution in [0.15, 0.2) is 35.1 Å². The number of aryl methyl sites for hydroxylation is 1. The van der Waals surface area contributed by atoms with E-state index in [1.807, 2.05) is 11.7 Å². The third kappa shape index (κ3) is 3.67. The van der Waals surface area contributed by atoms with Crippen LogP contribution in [0.1, 0.15) is 24.7 Å². The van der Waals surface area contributed by atoms with E-state index in [1.165, 1.54) is 10.0 Å². The average Bonchev–Trinajstić information content (AvgIpc) is 2.83. The Bertz CT molecular complexity index is 552. The van der Waals surface area contributed by atoms with Crippen molar-refractivity contribution < 1.29 is 0 Å². The summed E-state index contributed by atoms with van der Waals surface area (Å²) < 4.78 is 3.02. The van der Waals surface area contributed by atoms with Crippen molar-refractivity contribution in [1.29, 1.82) is 0 Å². The Kier molecular flexibility index (Phi) is 5.31. The molecule has 0 N–H and O–H groups in total. The van der Waals surface area contributed by atoms with Crippen LogP contribution in [0.25, 0.3) is 0 Å². The molecule has 0 aliphatic rings. The van der Waals surface area contributed by atoms with E-state index >= 15 is 0 Å². The third-order valence-electron chi connectivity index (χ3n) is 3.70. The van der Waals surface area contributed by atoms with Gasteiger partial charge in [0.15, 0.2) is 0 Å². The third-order valence-corrected chi connectivity index (χ3v) is 4.48. The van der Waals surface area contributed by atoms with E-state index in [1.54, 1.807) is 6.33 Å². The fourth-order valence-corrected chi connectivity index (χ4v) is 2.79. The van der Waals surface area contributed by atoms with Crippen LogP contribution in [0, 0.1) is 0 Å². The first kappa shape index (κ1) is 15.2. The van der Waals surface area contributed by atoms with E-state index < -0.39 is 0 Å². The molecule has 0 bridgehead atoms. The molecule has 5 heteroatoms. The molecule has 2 aromatic rings. The van der Waals surface area contributed by atoms with Crippen molar-refractivity contribution in [2.75, 3.05) is 7.05 Å². The van der Waals surface area contributed by atoms with Crippen molar-refractivity contribution in [1.82, 2.24) is 19.7 Å². The van der Waals surface area contributed by atoms with Crippen LogP contribution >= 0.6 is 15.9 Å². The molecule has 0 amide bonds. The fourth-order valence-electron chi connectivity index (χ4n) is 2.35. The highest BCUT2D eigenvalue weighted by molar-refractivity contribution is 9.10. The molecule has 1 aromatic heterocycles. The van der Waals surface area contributed by atoms with E-state index in [0.717, 1.165) is 25.2 Å². The lowest BCUT2D eigenvalue weighted by Crippen LogP contribution is -2.33. The van der Waals surface area contributed by atoms with Gasteiger partial charge in [0.25, 0.3) is 0 Å². The standard InChI is InChI=1S/C15H21BrN4/c1-4-13(9-12-7-5-6-8-14(12)16)19(2)10-15-17-11-18-20(15)3/h5-8,11,13H,4,9-10H2,1-3H3/t13-/m0/s1. The van der Waals surface area contributed by atoms with Crippen molar-refractivity contribution in [3.05, 3.63) is 46.5 Å². The topological polar surface area (TPSA) is 34.0 Å². The van der Waals surface area contributed by atoms with E-state index in [-0.39, 0.29) is 0 Å². The maximum atomic E-state index is 4.30. The minimum Gasteiger partial charge on any atom is -0.296 e. The van der Waals surface area contributed by atoms with Gasteiger partial charge in [-0.05, 0) is 31.5 Å². The predicted octanol–water partition coefficient (Wildman–Crippen LogP) is 3.03. The molecule has 1 aromatic carbocycles. The molecule has 0 aliphatic heterocycles. The van der Waals surface area contributed by atoms with Crippen molar-refractivity contribution in [2.45, 2.75) is 32.4 Å². The van der Waals surface area contributed by atoms with Gasteiger partial charge in [0.05, 0.1) is 6.54 Å². The molecule has 108 valence electrons. The molecule has 0 aliphatic carbocycles. The van der Waals surface area contributed by atoms with E-state index in [2.05, 4.69) is 69.1 Å². The van der Waals surface area contributed by atoms with Crippen molar-refractivity contribution in [3.8, 4) is 0 Å². The van der Waals surface area contributed by atoms with Crippen LogP contribution in [0.4, 0.5) is 0 Å². The van der Waals surface area contributed by atoms with Gasteiger partial charge in [0.2, 0.25) is 0 Å². The lowest BCUT2D eigenvalue weighted by Gasteiger charge is -2.27. The Morgan fingerprint density at radius 3 is 2.70 bits per heavy atom. The molecule has 0 saturated carbocycles. The number of hydrogen-bond acceptors (Lipinski definition) is 3. The number of benzene rings is 1. The van der Waals surface area contributed by atoms with Gasteiger partial charge in [-0.1, -0.05) is 41.1 Å². The summed E-state index contributed by atoms with van der Waals surface area (Å²) in [4.78, 5) is 6.65. The van der Waals surface area contributed by atoms with Crippen LogP contribution in [0.5, 0.6) is 0 Å². The molecule has 0 fully saturated rings. The Balaban J connectivity index is 2.04. The second-order valence-electron chi connectivity index (χ2n) is 5.07. The van der Waals surface area contributed by atoms with Gasteiger partial charge in [-0.3, -0.25) is 9.58 Å². The van der Waals surface area contributed by atoms with Gasteiger partial charge >= 0.3 is 0 Å². The molecule has 1 atom stereocenters. The number of halogens is 1. The summed E-state index contributed by atoms with van der Waals surface area (Å²) in [5.41, 5.74) is 1.35. The Hall–Kier alpha value is -1.20. The second kappa shape index (κ2) is 6.99. The molecule has 0 spiro atoms. The first-order valence-electron chi connectivity index (χ1n) is 6.88. The van der Waals surface area contributed by atoms with Crippen LogP contribution < -0.4 is 0 Å². The molecule has 4 nitrogen and oxygen atoms in total. The van der Waals surface area contributed by atoms with Gasteiger partial charge in [-0.15, -0.1) is 0 Å². The van der Waals surface area contributed by atoms with Crippen LogP contribution in [0.3, 0.4) is 0 Å². The molecule has 2 rings (SSSR count). The summed E-state index contributed by atoms with van der Waals surface area (Å²) in [6, 6.07) is 8.92. The number of hydrogen-bond donors (Lipinski definition) is 0. The number of aromatic nitrogens is 3. The van der Waals surface area contributed by atoms with Gasteiger partial charge in [-0.25, -0.2) is 4.98 Å². The zero-order valence-corrected chi connectivity index (χ0v) is 13.8. The molecular weight excluding hydrogens is 316 g/mol. The SMILES string of the molecule is CC[C@@H](Cc1ccccc1Br)N(C)Cc1ncnn1C. The largest absolute Gasteiger partial charge is 0.296 e. The lowest BCUT2D eigenvalue weighted by atomic mass is 10.0. The van der Waals surface area contributed by atoms with Crippen LogP contribution in [-0.4, -0.2) is 32.8 Å². The van der Waals surface area contributed by atoms with Crippen molar-refractivity contribution in [2.24, 2.45) is 7.05 Å². The maximum absolute atomic E-state index is 4.30. The lowest BCUT2D eigenvalue weighted by molar-refractivity contribution is 0.218. The minimum atomic E-state index is 0.491. The highest BCUT2D eigenvalue weighted by Gasteiger charge is 2.16. The maximum Gasteiger partial charge on any atom is 0.140 e. The fraction of sp³-hybridized carbons (Fsp3) is 0.467. The summed E-state index contributed by atoms with van der Waals surface area (Å²) >= 11 is 3.63. The van der Waals surface area contributed by atoms with Gasteiger partial charge in [0.1, 0.15) is 12.2 Å². The Morgan fingerprint density at radius 1 is 1.35 bits per heavy atom. The quantitative estimate of drug-likeness (QED) is 0.813. The van der Waals surface area contributed by atoms with Gasteiger partial charge in [-0.2, -0.15) is 5.10 Å². The minimum absolute atomic E-state index is 0.491. The molecule has 20 heavy (non-hydrogen) atoms. The van der Waals surface area contributed by atoms with Crippen molar-refractivity contribution >= 4 is 15.9 Å². The highest BCUT2D eigenvalue weighted by atomic mass is 79.9. The average molecular weight is 337 g/mol. The van der Waals surface area contributed by atoms with Crippen LogP contribution in [-0.2, 0) is 20.0 Å². The summed E-state index contributed by atoms with van der Waals surface area (Å²) in [6.45, 7) is 3.05. The Labute approximate surface area is 128 Å². The predicted molar refractivity (Wildman–Crippen MR) is 84.4 cm³/mol. The highest BCUT2D eigenvalue weighted by Crippen LogP contribution is 2.20.